The highest BCUT2D eigenvalue weighted by Gasteiger charge is 2.84. The number of carboxylic acid groups (broad SMARTS) is 1. The minimum absolute atomic E-state index is 1.35. The van der Waals surface area contributed by atoms with Crippen LogP contribution in [0.25, 0.3) is 0 Å². The van der Waals surface area contributed by atoms with Gasteiger partial charge in [0.1, 0.15) is 0 Å². The molecule has 0 radical (unpaired) electrons. The molecule has 0 amide bonds. The SMILES string of the molecule is O=C(O)C(F)(F)OC(F)(F)C(F)(OC(F)(OC(F)(F)C(F)(F)C(F)(F)Cl)C(F)(F)F)C(F)(F)F. The highest BCUT2D eigenvalue weighted by atomic mass is 35.5. The predicted octanol–water partition coefficient (Wildman–Crippen LogP) is 5.78. The van der Waals surface area contributed by atoms with E-state index >= 15 is 0 Å². The molecule has 2 unspecified atom stereocenters. The summed E-state index contributed by atoms with van der Waals surface area (Å²) in [6.07, 6.45) is -38.2. The lowest BCUT2D eigenvalue weighted by molar-refractivity contribution is -0.588. The minimum Gasteiger partial charge on any atom is -0.475 e. The molecule has 0 heterocycles. The Morgan fingerprint density at radius 2 is 0.971 bits per heavy atom. The van der Waals surface area contributed by atoms with Crippen LogP contribution in [0.4, 0.5) is 79.0 Å². The topological polar surface area (TPSA) is 65.0 Å². The van der Waals surface area contributed by atoms with Crippen LogP contribution in [0, 0.1) is 0 Å². The molecule has 0 bridgehead atoms. The van der Waals surface area contributed by atoms with Crippen molar-refractivity contribution in [3.63, 3.8) is 0 Å². The van der Waals surface area contributed by atoms with Gasteiger partial charge in [-0.25, -0.2) is 14.3 Å². The van der Waals surface area contributed by atoms with Crippen LogP contribution in [0.3, 0.4) is 0 Å². The molecule has 0 rings (SSSR count). The molecule has 0 spiro atoms. The van der Waals surface area contributed by atoms with Crippen molar-refractivity contribution >= 4 is 17.6 Å². The lowest BCUT2D eigenvalue weighted by Gasteiger charge is -2.40. The van der Waals surface area contributed by atoms with Crippen molar-refractivity contribution < 1.29 is 103 Å². The smallest absolute Gasteiger partial charge is 0.475 e. The summed E-state index contributed by atoms with van der Waals surface area (Å²) in [6.45, 7) is 0. The standard InChI is InChI=1S/C10HClF18O5/c11-5(17,18)3(14,15)8(25,26)34-10(29,7(22,23)24)33-4(16,6(19,20)21)9(27,28)32-2(12,13)1(30)31/h(H,30,31). The Labute approximate surface area is 176 Å². The zero-order valence-electron chi connectivity index (χ0n) is 14.3. The van der Waals surface area contributed by atoms with Crippen LogP contribution in [0.1, 0.15) is 0 Å². The van der Waals surface area contributed by atoms with Crippen molar-refractivity contribution in [2.75, 3.05) is 0 Å². The molecular weight excluding hydrogens is 578 g/mol. The largest absolute Gasteiger partial charge is 0.478 e. The van der Waals surface area contributed by atoms with Gasteiger partial charge in [0.25, 0.3) is 0 Å². The van der Waals surface area contributed by atoms with Gasteiger partial charge < -0.3 is 5.11 Å². The van der Waals surface area contributed by atoms with Crippen LogP contribution in [0.2, 0.25) is 0 Å². The van der Waals surface area contributed by atoms with Crippen molar-refractivity contribution in [3.05, 3.63) is 0 Å². The average molecular weight is 579 g/mol. The van der Waals surface area contributed by atoms with Gasteiger partial charge in [0.15, 0.2) is 0 Å². The van der Waals surface area contributed by atoms with E-state index in [0.29, 0.717) is 0 Å². The highest BCUT2D eigenvalue weighted by Crippen LogP contribution is 2.56. The number of alkyl halides is 19. The van der Waals surface area contributed by atoms with Crippen molar-refractivity contribution in [2.24, 2.45) is 0 Å². The molecular formula is C10HClF18O5. The zero-order valence-corrected chi connectivity index (χ0v) is 15.0. The number of aliphatic carboxylic acids is 1. The van der Waals surface area contributed by atoms with E-state index < -0.39 is 59.8 Å². The van der Waals surface area contributed by atoms with E-state index in [4.69, 9.17) is 5.11 Å². The first-order valence-electron chi connectivity index (χ1n) is 6.74. The highest BCUT2D eigenvalue weighted by molar-refractivity contribution is 6.22. The fourth-order valence-electron chi connectivity index (χ4n) is 1.26. The first kappa shape index (κ1) is 32.4. The monoisotopic (exact) mass is 578 g/mol. The van der Waals surface area contributed by atoms with E-state index in [-0.39, 0.29) is 0 Å². The third kappa shape index (κ3) is 5.78. The molecule has 0 saturated carbocycles. The lowest BCUT2D eigenvalue weighted by atomic mass is 10.2. The maximum absolute atomic E-state index is 13.8. The van der Waals surface area contributed by atoms with E-state index in [1.54, 1.807) is 0 Å². The summed E-state index contributed by atoms with van der Waals surface area (Å²) in [5.41, 5.74) is 0. The van der Waals surface area contributed by atoms with Crippen molar-refractivity contribution in [3.8, 4) is 0 Å². The third-order valence-corrected chi connectivity index (χ3v) is 3.07. The molecule has 0 aromatic heterocycles. The van der Waals surface area contributed by atoms with E-state index in [0.717, 1.165) is 0 Å². The van der Waals surface area contributed by atoms with Crippen LogP contribution in [-0.2, 0) is 19.0 Å². The van der Waals surface area contributed by atoms with Crippen LogP contribution >= 0.6 is 11.6 Å². The molecule has 5 nitrogen and oxygen atoms in total. The van der Waals surface area contributed by atoms with Gasteiger partial charge in [0, 0.05) is 0 Å². The predicted molar refractivity (Wildman–Crippen MR) is 61.3 cm³/mol. The van der Waals surface area contributed by atoms with Crippen LogP contribution in [0.15, 0.2) is 0 Å². The van der Waals surface area contributed by atoms with E-state index in [2.05, 4.69) is 11.6 Å². The van der Waals surface area contributed by atoms with E-state index in [9.17, 15) is 83.8 Å². The van der Waals surface area contributed by atoms with Crippen molar-refractivity contribution in [1.29, 1.82) is 0 Å². The van der Waals surface area contributed by atoms with E-state index in [1.165, 1.54) is 14.2 Å². The molecule has 0 aliphatic rings. The summed E-state index contributed by atoms with van der Waals surface area (Å²) in [5, 5.41) is 1.03. The molecule has 0 aliphatic heterocycles. The molecule has 0 aliphatic carbocycles. The van der Waals surface area contributed by atoms with Crippen LogP contribution < -0.4 is 0 Å². The Morgan fingerprint density at radius 3 is 1.24 bits per heavy atom. The van der Waals surface area contributed by atoms with Gasteiger partial charge in [-0.15, -0.1) is 0 Å². The zero-order chi connectivity index (χ0) is 28.2. The average Bonchev–Trinajstić information content (AvgIpc) is 2.49. The Hall–Kier alpha value is -1.62. The number of ether oxygens (including phenoxy) is 3. The number of halogens is 19. The van der Waals surface area contributed by atoms with E-state index in [1.807, 2.05) is 0 Å². The molecule has 0 aromatic carbocycles. The van der Waals surface area contributed by atoms with Crippen molar-refractivity contribution in [1.82, 2.24) is 0 Å². The second-order valence-corrected chi connectivity index (χ2v) is 5.84. The third-order valence-electron chi connectivity index (χ3n) is 2.84. The summed E-state index contributed by atoms with van der Waals surface area (Å²) in [6, 6.07) is -7.96. The van der Waals surface area contributed by atoms with Gasteiger partial charge in [-0.3, -0.25) is 4.74 Å². The fourth-order valence-corrected chi connectivity index (χ4v) is 1.37. The Bertz CT molecular complexity index is 758. The second kappa shape index (κ2) is 8.50. The molecule has 0 aromatic rings. The molecule has 34 heavy (non-hydrogen) atoms. The number of rotatable bonds is 10. The van der Waals surface area contributed by atoms with Gasteiger partial charge in [0.05, 0.1) is 0 Å². The number of hydrogen-bond acceptors (Lipinski definition) is 4. The fraction of sp³-hybridized carbons (Fsp3) is 0.900. The Kier molecular flexibility index (Phi) is 8.09. The quantitative estimate of drug-likeness (QED) is 0.202. The van der Waals surface area contributed by atoms with Crippen molar-refractivity contribution in [2.45, 2.75) is 53.9 Å². The lowest BCUT2D eigenvalue weighted by Crippen LogP contribution is -2.67. The first-order chi connectivity index (χ1) is 14.3. The van der Waals surface area contributed by atoms with Gasteiger partial charge >= 0.3 is 59.8 Å². The summed E-state index contributed by atoms with van der Waals surface area (Å²) >= 11 is 3.41. The summed E-state index contributed by atoms with van der Waals surface area (Å²) in [5.74, 6) is -19.7. The molecule has 0 fully saturated rings. The summed E-state index contributed by atoms with van der Waals surface area (Å²) in [7, 11) is 0. The van der Waals surface area contributed by atoms with Gasteiger partial charge in [-0.05, 0) is 11.6 Å². The van der Waals surface area contributed by atoms with Crippen LogP contribution in [-0.4, -0.2) is 65.0 Å². The van der Waals surface area contributed by atoms with Gasteiger partial charge in [-0.1, -0.05) is 0 Å². The molecule has 24 heteroatoms. The normalized spacial score (nSPS) is 18.9. The van der Waals surface area contributed by atoms with Gasteiger partial charge in [-0.2, -0.15) is 79.0 Å². The molecule has 204 valence electrons. The molecule has 2 atom stereocenters. The first-order valence-corrected chi connectivity index (χ1v) is 7.12. The minimum atomic E-state index is -8.13. The number of carbonyl (C=O) groups is 1. The Morgan fingerprint density at radius 1 is 0.588 bits per heavy atom. The van der Waals surface area contributed by atoms with Crippen LogP contribution in [0.5, 0.6) is 0 Å². The maximum atomic E-state index is 13.8. The second-order valence-electron chi connectivity index (χ2n) is 5.36. The number of carboxylic acids is 1. The Balaban J connectivity index is 6.85. The van der Waals surface area contributed by atoms with Gasteiger partial charge in [0.2, 0.25) is 0 Å². The molecule has 0 saturated heterocycles. The number of hydrogen-bond donors (Lipinski definition) is 1. The summed E-state index contributed by atoms with van der Waals surface area (Å²) in [4.78, 5) is 9.91. The molecule has 1 N–H and O–H groups in total. The summed E-state index contributed by atoms with van der Waals surface area (Å²) < 4.78 is 236. The maximum Gasteiger partial charge on any atom is 0.478 e.